The van der Waals surface area contributed by atoms with Gasteiger partial charge in [-0.3, -0.25) is 10.9 Å². The van der Waals surface area contributed by atoms with Gasteiger partial charge in [0.2, 0.25) is 5.11 Å². The molecule has 0 heterocycles. The van der Waals surface area contributed by atoms with Crippen LogP contribution in [-0.2, 0) is 0 Å². The molecule has 2 N–H and O–H groups in total. The molecule has 0 aromatic heterocycles. The van der Waals surface area contributed by atoms with Crippen molar-refractivity contribution in [3.63, 3.8) is 0 Å². The van der Waals surface area contributed by atoms with Gasteiger partial charge in [0.25, 0.3) is 0 Å². The first-order valence-electron chi connectivity index (χ1n) is 6.89. The average molecular weight is 310 g/mol. The molecule has 4 nitrogen and oxygen atoms in total. The van der Waals surface area contributed by atoms with Crippen LogP contribution in [0.4, 0.5) is 0 Å². The fourth-order valence-corrected chi connectivity index (χ4v) is 1.77. The van der Waals surface area contributed by atoms with Gasteiger partial charge >= 0.3 is 0 Å². The smallest absolute Gasteiger partial charge is 0.207 e. The Bertz CT molecular complexity index is 613. The molecule has 112 valence electrons. The van der Waals surface area contributed by atoms with Crippen LogP contribution in [-0.4, -0.2) is 17.5 Å². The lowest BCUT2D eigenvalue weighted by Crippen LogP contribution is -2.28. The van der Waals surface area contributed by atoms with Gasteiger partial charge in [-0.05, 0) is 37.2 Å². The van der Waals surface area contributed by atoms with Crippen LogP contribution in [0.15, 0.2) is 58.7 Å². The molecule has 0 bridgehead atoms. The molecule has 2 aromatic rings. The minimum absolute atomic E-state index is 0.340. The number of hydrogen-bond acceptors (Lipinski definition) is 3. The Labute approximate surface area is 136 Å². The van der Waals surface area contributed by atoms with Crippen LogP contribution in [0.1, 0.15) is 22.3 Å². The van der Waals surface area contributed by atoms with Crippen molar-refractivity contribution < 1.29 is 0 Å². The first kappa shape index (κ1) is 15.9. The van der Waals surface area contributed by atoms with E-state index in [1.54, 1.807) is 12.4 Å². The number of hydrogen-bond donors (Lipinski definition) is 2. The Morgan fingerprint density at radius 3 is 1.50 bits per heavy atom. The summed E-state index contributed by atoms with van der Waals surface area (Å²) in [6, 6.07) is 16.1. The van der Waals surface area contributed by atoms with E-state index in [4.69, 9.17) is 12.2 Å². The lowest BCUT2D eigenvalue weighted by Gasteiger charge is -2.01. The van der Waals surface area contributed by atoms with Crippen molar-refractivity contribution in [2.75, 3.05) is 0 Å². The van der Waals surface area contributed by atoms with Crippen LogP contribution in [0.5, 0.6) is 0 Å². The van der Waals surface area contributed by atoms with Crippen LogP contribution in [0, 0.1) is 13.8 Å². The standard InChI is InChI=1S/C17H18N4S/c1-13-3-7-15(8-4-13)11-18-20-17(22)21-19-12-16-9-5-14(2)6-10-16/h3-12H,1-2H3,(H2,20,21,22)/b18-11-,19-12+. The van der Waals surface area contributed by atoms with Gasteiger partial charge in [0.15, 0.2) is 0 Å². The van der Waals surface area contributed by atoms with Gasteiger partial charge in [-0.25, -0.2) is 0 Å². The van der Waals surface area contributed by atoms with Gasteiger partial charge in [-0.2, -0.15) is 10.2 Å². The Kier molecular flexibility index (Phi) is 5.80. The molecule has 0 aliphatic heterocycles. The predicted molar refractivity (Wildman–Crippen MR) is 96.4 cm³/mol. The number of aryl methyl sites for hydroxylation is 2. The van der Waals surface area contributed by atoms with Gasteiger partial charge in [0.05, 0.1) is 12.4 Å². The van der Waals surface area contributed by atoms with E-state index < -0.39 is 0 Å². The zero-order valence-corrected chi connectivity index (χ0v) is 13.4. The van der Waals surface area contributed by atoms with E-state index in [9.17, 15) is 0 Å². The number of benzene rings is 2. The Morgan fingerprint density at radius 2 is 1.14 bits per heavy atom. The van der Waals surface area contributed by atoms with E-state index in [0.717, 1.165) is 11.1 Å². The molecule has 0 saturated heterocycles. The molecule has 0 aliphatic rings. The van der Waals surface area contributed by atoms with Crippen molar-refractivity contribution in [2.24, 2.45) is 10.2 Å². The quantitative estimate of drug-likeness (QED) is 0.518. The fraction of sp³-hybridized carbons (Fsp3) is 0.118. The number of nitrogens with one attached hydrogen (secondary N) is 2. The van der Waals surface area contributed by atoms with E-state index in [0.29, 0.717) is 5.11 Å². The SMILES string of the molecule is Cc1ccc(/C=N\NC(=S)N/N=C/c2ccc(C)cc2)cc1. The average Bonchev–Trinajstić information content (AvgIpc) is 2.51. The van der Waals surface area contributed by atoms with Crippen molar-refractivity contribution in [3.05, 3.63) is 70.8 Å². The highest BCUT2D eigenvalue weighted by Crippen LogP contribution is 2.00. The first-order valence-corrected chi connectivity index (χ1v) is 7.30. The van der Waals surface area contributed by atoms with Gasteiger partial charge in [0.1, 0.15) is 0 Å². The van der Waals surface area contributed by atoms with Crippen molar-refractivity contribution in [1.29, 1.82) is 0 Å². The molecule has 0 atom stereocenters. The normalized spacial score (nSPS) is 11.0. The fourth-order valence-electron chi connectivity index (χ4n) is 1.66. The highest BCUT2D eigenvalue weighted by molar-refractivity contribution is 7.80. The number of thiocarbonyl (C=S) groups is 1. The molecule has 0 amide bonds. The van der Waals surface area contributed by atoms with Gasteiger partial charge in [-0.1, -0.05) is 59.7 Å². The summed E-state index contributed by atoms with van der Waals surface area (Å²) in [5.41, 5.74) is 9.87. The van der Waals surface area contributed by atoms with Crippen molar-refractivity contribution >= 4 is 29.8 Å². The van der Waals surface area contributed by atoms with Crippen LogP contribution < -0.4 is 10.9 Å². The molecule has 0 saturated carbocycles. The highest BCUT2D eigenvalue weighted by Gasteiger charge is 1.91. The van der Waals surface area contributed by atoms with E-state index in [1.165, 1.54) is 11.1 Å². The molecule has 0 fully saturated rings. The van der Waals surface area contributed by atoms with Crippen LogP contribution in [0.25, 0.3) is 0 Å². The number of nitrogens with zero attached hydrogens (tertiary/aromatic N) is 2. The zero-order chi connectivity index (χ0) is 15.8. The molecule has 2 aromatic carbocycles. The summed E-state index contributed by atoms with van der Waals surface area (Å²) < 4.78 is 0. The van der Waals surface area contributed by atoms with E-state index in [1.807, 2.05) is 62.4 Å². The minimum Gasteiger partial charge on any atom is -0.252 e. The number of hydrazone groups is 2. The van der Waals surface area contributed by atoms with E-state index in [2.05, 4.69) is 21.1 Å². The predicted octanol–water partition coefficient (Wildman–Crippen LogP) is 3.14. The lowest BCUT2D eigenvalue weighted by molar-refractivity contribution is 0.935. The Hall–Kier alpha value is -2.53. The summed E-state index contributed by atoms with van der Waals surface area (Å²) in [6.07, 6.45) is 3.41. The van der Waals surface area contributed by atoms with Crippen molar-refractivity contribution in [2.45, 2.75) is 13.8 Å². The largest absolute Gasteiger partial charge is 0.252 e. The third kappa shape index (κ3) is 5.46. The summed E-state index contributed by atoms with van der Waals surface area (Å²) in [5.74, 6) is 0. The third-order valence-corrected chi connectivity index (χ3v) is 3.10. The molecule has 0 aliphatic carbocycles. The molecule has 22 heavy (non-hydrogen) atoms. The Morgan fingerprint density at radius 1 is 0.773 bits per heavy atom. The number of rotatable bonds is 4. The minimum atomic E-state index is 0.340. The molecule has 2 rings (SSSR count). The van der Waals surface area contributed by atoms with Crippen molar-refractivity contribution in [3.8, 4) is 0 Å². The zero-order valence-electron chi connectivity index (χ0n) is 12.6. The summed E-state index contributed by atoms with van der Waals surface area (Å²) in [5, 5.41) is 8.45. The second-order valence-corrected chi connectivity index (χ2v) is 5.30. The maximum Gasteiger partial charge on any atom is 0.207 e. The summed E-state index contributed by atoms with van der Waals surface area (Å²) in [6.45, 7) is 4.09. The second-order valence-electron chi connectivity index (χ2n) is 4.89. The summed E-state index contributed by atoms with van der Waals surface area (Å²) >= 11 is 5.08. The molecule has 0 radical (unpaired) electrons. The maximum absolute atomic E-state index is 5.08. The van der Waals surface area contributed by atoms with Crippen LogP contribution >= 0.6 is 12.2 Å². The monoisotopic (exact) mass is 310 g/mol. The first-order chi connectivity index (χ1) is 10.6. The van der Waals surface area contributed by atoms with Crippen LogP contribution in [0.3, 0.4) is 0 Å². The molecule has 0 unspecified atom stereocenters. The van der Waals surface area contributed by atoms with Crippen molar-refractivity contribution in [1.82, 2.24) is 10.9 Å². The van der Waals surface area contributed by atoms with Gasteiger partial charge in [-0.15, -0.1) is 0 Å². The molecule has 5 heteroatoms. The summed E-state index contributed by atoms with van der Waals surface area (Å²) in [7, 11) is 0. The maximum atomic E-state index is 5.08. The van der Waals surface area contributed by atoms with Crippen LogP contribution in [0.2, 0.25) is 0 Å². The lowest BCUT2D eigenvalue weighted by atomic mass is 10.2. The molecular weight excluding hydrogens is 292 g/mol. The summed E-state index contributed by atoms with van der Waals surface area (Å²) in [4.78, 5) is 0. The van der Waals surface area contributed by atoms with E-state index >= 15 is 0 Å². The van der Waals surface area contributed by atoms with Gasteiger partial charge < -0.3 is 0 Å². The highest BCUT2D eigenvalue weighted by atomic mass is 32.1. The second kappa shape index (κ2) is 8.05. The third-order valence-electron chi connectivity index (χ3n) is 2.91. The Balaban J connectivity index is 1.78. The van der Waals surface area contributed by atoms with E-state index in [-0.39, 0.29) is 0 Å². The van der Waals surface area contributed by atoms with Gasteiger partial charge in [0, 0.05) is 0 Å². The molecule has 0 spiro atoms. The topological polar surface area (TPSA) is 48.8 Å². The molecular formula is C17H18N4S.